The Morgan fingerprint density at radius 3 is 2.67 bits per heavy atom. The maximum Gasteiger partial charge on any atom is 0.283 e. The van der Waals surface area contributed by atoms with E-state index in [9.17, 15) is 4.79 Å². The molecule has 7 heteroatoms. The number of nitrogens with zero attached hydrogens (tertiary/aromatic N) is 3. The van der Waals surface area contributed by atoms with E-state index in [4.69, 9.17) is 4.42 Å². The van der Waals surface area contributed by atoms with Crippen LogP contribution < -0.4 is 5.56 Å². The number of furan rings is 1. The van der Waals surface area contributed by atoms with Gasteiger partial charge in [0.25, 0.3) is 5.56 Å². The van der Waals surface area contributed by atoms with Crippen molar-refractivity contribution >= 4 is 27.3 Å². The fourth-order valence-electron chi connectivity index (χ4n) is 3.36. The summed E-state index contributed by atoms with van der Waals surface area (Å²) in [5.74, 6) is 0.748. The van der Waals surface area contributed by atoms with E-state index >= 15 is 0 Å². The van der Waals surface area contributed by atoms with E-state index in [0.717, 1.165) is 27.2 Å². The standard InChI is InChI=1S/C23H18N4O2S/c1-15(24-14-17-10-7-13-29-17)20-21(16-8-3-2-4-9-16)26-27(22(20)28)23-25-18-11-5-6-12-19(18)30-23/h2-13,26H,14H2,1H3. The molecule has 0 spiro atoms. The lowest BCUT2D eigenvalue weighted by atomic mass is 10.1. The first-order valence-electron chi connectivity index (χ1n) is 9.51. The van der Waals surface area contributed by atoms with Crippen molar-refractivity contribution in [2.24, 2.45) is 4.99 Å². The highest BCUT2D eigenvalue weighted by Gasteiger charge is 2.20. The second-order valence-corrected chi connectivity index (χ2v) is 7.82. The molecule has 0 atom stereocenters. The Labute approximate surface area is 176 Å². The summed E-state index contributed by atoms with van der Waals surface area (Å²) in [7, 11) is 0. The molecule has 0 aliphatic heterocycles. The van der Waals surface area contributed by atoms with Gasteiger partial charge in [0.2, 0.25) is 5.13 Å². The van der Waals surface area contributed by atoms with E-state index in [1.807, 2.05) is 73.7 Å². The summed E-state index contributed by atoms with van der Waals surface area (Å²) in [6.45, 7) is 2.22. The molecule has 30 heavy (non-hydrogen) atoms. The lowest BCUT2D eigenvalue weighted by Crippen LogP contribution is -2.19. The smallest absolute Gasteiger partial charge is 0.283 e. The van der Waals surface area contributed by atoms with Crippen LogP contribution in [0.2, 0.25) is 0 Å². The summed E-state index contributed by atoms with van der Waals surface area (Å²) in [6.07, 6.45) is 1.62. The first-order valence-corrected chi connectivity index (χ1v) is 10.3. The van der Waals surface area contributed by atoms with E-state index in [1.54, 1.807) is 6.26 Å². The van der Waals surface area contributed by atoms with Gasteiger partial charge in [0.1, 0.15) is 5.76 Å². The zero-order chi connectivity index (χ0) is 20.5. The van der Waals surface area contributed by atoms with Crippen LogP contribution in [0.1, 0.15) is 18.2 Å². The molecule has 6 nitrogen and oxygen atoms in total. The predicted molar refractivity (Wildman–Crippen MR) is 120 cm³/mol. The first kappa shape index (κ1) is 18.3. The number of aromatic amines is 1. The number of thiazole rings is 1. The van der Waals surface area contributed by atoms with Crippen LogP contribution in [0.15, 0.2) is 87.2 Å². The molecule has 0 amide bonds. The van der Waals surface area contributed by atoms with Gasteiger partial charge >= 0.3 is 0 Å². The summed E-state index contributed by atoms with van der Waals surface area (Å²) >= 11 is 1.47. The predicted octanol–water partition coefficient (Wildman–Crippen LogP) is 5.04. The van der Waals surface area contributed by atoms with Gasteiger partial charge in [-0.3, -0.25) is 14.9 Å². The number of rotatable bonds is 5. The first-order chi connectivity index (χ1) is 14.7. The van der Waals surface area contributed by atoms with Gasteiger partial charge in [-0.2, -0.15) is 4.68 Å². The number of fused-ring (bicyclic) bond motifs is 1. The van der Waals surface area contributed by atoms with Crippen molar-refractivity contribution in [3.05, 3.63) is 94.7 Å². The van der Waals surface area contributed by atoms with Crippen LogP contribution in [0.25, 0.3) is 26.6 Å². The molecular weight excluding hydrogens is 396 g/mol. The molecule has 0 aliphatic rings. The number of nitrogens with one attached hydrogen (secondary N) is 1. The normalized spacial score (nSPS) is 12.0. The number of aromatic nitrogens is 3. The van der Waals surface area contributed by atoms with Crippen molar-refractivity contribution in [1.29, 1.82) is 0 Å². The Hall–Kier alpha value is -3.71. The summed E-state index contributed by atoms with van der Waals surface area (Å²) < 4.78 is 7.90. The van der Waals surface area contributed by atoms with E-state index in [0.29, 0.717) is 23.0 Å². The molecular formula is C23H18N4O2S. The van der Waals surface area contributed by atoms with Crippen molar-refractivity contribution in [3.8, 4) is 16.4 Å². The second-order valence-electron chi connectivity index (χ2n) is 6.81. The molecule has 2 aromatic carbocycles. The Bertz CT molecular complexity index is 1360. The largest absolute Gasteiger partial charge is 0.467 e. The van der Waals surface area contributed by atoms with Crippen molar-refractivity contribution in [2.75, 3.05) is 0 Å². The molecule has 3 aromatic heterocycles. The Morgan fingerprint density at radius 1 is 1.10 bits per heavy atom. The molecule has 0 unspecified atom stereocenters. The summed E-state index contributed by atoms with van der Waals surface area (Å²) in [6, 6.07) is 21.3. The van der Waals surface area contributed by atoms with E-state index in [2.05, 4.69) is 15.1 Å². The molecule has 0 bridgehead atoms. The molecule has 0 fully saturated rings. The number of hydrogen-bond donors (Lipinski definition) is 1. The maximum atomic E-state index is 13.4. The van der Waals surface area contributed by atoms with Crippen LogP contribution >= 0.6 is 11.3 Å². The van der Waals surface area contributed by atoms with Crippen molar-refractivity contribution in [3.63, 3.8) is 0 Å². The lowest BCUT2D eigenvalue weighted by molar-refractivity contribution is 0.513. The topological polar surface area (TPSA) is 76.2 Å². The minimum Gasteiger partial charge on any atom is -0.467 e. The van der Waals surface area contributed by atoms with E-state index in [1.165, 1.54) is 16.0 Å². The van der Waals surface area contributed by atoms with Gasteiger partial charge in [0.15, 0.2) is 0 Å². The van der Waals surface area contributed by atoms with Crippen molar-refractivity contribution < 1.29 is 4.42 Å². The zero-order valence-corrected chi connectivity index (χ0v) is 17.0. The Balaban J connectivity index is 1.66. The fraction of sp³-hybridized carbons (Fsp3) is 0.0870. The van der Waals surface area contributed by atoms with Crippen LogP contribution in [0, 0.1) is 0 Å². The minimum atomic E-state index is -0.173. The third-order valence-corrected chi connectivity index (χ3v) is 5.86. The van der Waals surface area contributed by atoms with Gasteiger partial charge in [-0.15, -0.1) is 0 Å². The zero-order valence-electron chi connectivity index (χ0n) is 16.2. The number of benzene rings is 2. The molecule has 5 aromatic rings. The fourth-order valence-corrected chi connectivity index (χ4v) is 4.28. The minimum absolute atomic E-state index is 0.173. The van der Waals surface area contributed by atoms with Gasteiger partial charge in [-0.05, 0) is 31.2 Å². The Morgan fingerprint density at radius 2 is 1.90 bits per heavy atom. The summed E-state index contributed by atoms with van der Waals surface area (Å²) in [4.78, 5) is 22.7. The van der Waals surface area contributed by atoms with Crippen molar-refractivity contribution in [1.82, 2.24) is 14.8 Å². The Kier molecular flexibility index (Phi) is 4.65. The molecule has 148 valence electrons. The SMILES string of the molecule is CC(=NCc1ccco1)c1c(-c2ccccc2)[nH]n(-c2nc3ccccc3s2)c1=O. The van der Waals surface area contributed by atoms with Gasteiger partial charge in [-0.1, -0.05) is 53.8 Å². The average Bonchev–Trinajstić information content (AvgIpc) is 3.51. The average molecular weight is 414 g/mol. The molecule has 0 aliphatic carbocycles. The van der Waals surface area contributed by atoms with Gasteiger partial charge in [0, 0.05) is 11.3 Å². The van der Waals surface area contributed by atoms with Crippen molar-refractivity contribution in [2.45, 2.75) is 13.5 Å². The highest BCUT2D eigenvalue weighted by Crippen LogP contribution is 2.26. The summed E-state index contributed by atoms with van der Waals surface area (Å²) in [5.41, 5.74) is 3.51. The molecule has 1 N–H and O–H groups in total. The molecule has 0 saturated heterocycles. The molecule has 3 heterocycles. The van der Waals surface area contributed by atoms with E-state index in [-0.39, 0.29) is 5.56 Å². The third kappa shape index (κ3) is 3.29. The second kappa shape index (κ2) is 7.61. The van der Waals surface area contributed by atoms with Crippen LogP contribution in [-0.2, 0) is 6.54 Å². The maximum absolute atomic E-state index is 13.4. The van der Waals surface area contributed by atoms with Gasteiger partial charge in [-0.25, -0.2) is 4.98 Å². The van der Waals surface area contributed by atoms with Crippen LogP contribution in [0.4, 0.5) is 0 Å². The van der Waals surface area contributed by atoms with Crippen LogP contribution in [0.5, 0.6) is 0 Å². The molecule has 0 saturated carbocycles. The third-order valence-electron chi connectivity index (χ3n) is 4.84. The summed E-state index contributed by atoms with van der Waals surface area (Å²) in [5, 5.41) is 3.87. The number of H-pyrrole nitrogens is 1. The van der Waals surface area contributed by atoms with Gasteiger partial charge < -0.3 is 4.42 Å². The van der Waals surface area contributed by atoms with Gasteiger partial charge in [0.05, 0.1) is 34.3 Å². The molecule has 5 rings (SSSR count). The number of para-hydroxylation sites is 1. The lowest BCUT2D eigenvalue weighted by Gasteiger charge is -2.02. The highest BCUT2D eigenvalue weighted by atomic mass is 32.1. The quantitative estimate of drug-likeness (QED) is 0.409. The highest BCUT2D eigenvalue weighted by molar-refractivity contribution is 7.20. The van der Waals surface area contributed by atoms with E-state index < -0.39 is 0 Å². The molecule has 0 radical (unpaired) electrons. The van der Waals surface area contributed by atoms with Crippen LogP contribution in [-0.4, -0.2) is 20.5 Å². The van der Waals surface area contributed by atoms with Crippen LogP contribution in [0.3, 0.4) is 0 Å². The monoisotopic (exact) mass is 414 g/mol. The number of hydrogen-bond acceptors (Lipinski definition) is 5. The number of aliphatic imine (C=N–C) groups is 1.